The van der Waals surface area contributed by atoms with Gasteiger partial charge in [0.25, 0.3) is 0 Å². The normalized spacial score (nSPS) is 25.3. The van der Waals surface area contributed by atoms with Crippen LogP contribution in [0.15, 0.2) is 31.5 Å². The lowest BCUT2D eigenvalue weighted by atomic mass is 9.85. The van der Waals surface area contributed by atoms with Crippen LogP contribution in [-0.2, 0) is 0 Å². The number of piperidine rings is 1. The lowest BCUT2D eigenvalue weighted by Gasteiger charge is -2.35. The van der Waals surface area contributed by atoms with Gasteiger partial charge >= 0.3 is 0 Å². The SMILES string of the molecule is Cc1cc(C2=CC3=NC(C)(C4CCNCC4)N=CC3=N2)c(C)o1.Cl.O. The maximum absolute atomic E-state index is 5.63. The summed E-state index contributed by atoms with van der Waals surface area (Å²) in [6.07, 6.45) is 6.20. The van der Waals surface area contributed by atoms with E-state index in [0.717, 1.165) is 60.1 Å². The van der Waals surface area contributed by atoms with E-state index in [-0.39, 0.29) is 23.5 Å². The Balaban J connectivity index is 0.00000113. The number of rotatable bonds is 2. The Hall–Kier alpha value is -1.76. The highest BCUT2D eigenvalue weighted by Gasteiger charge is 2.37. The van der Waals surface area contributed by atoms with Crippen LogP contribution < -0.4 is 5.32 Å². The average molecular weight is 365 g/mol. The van der Waals surface area contributed by atoms with E-state index >= 15 is 0 Å². The molecule has 7 heteroatoms. The Bertz CT molecular complexity index is 772. The van der Waals surface area contributed by atoms with E-state index < -0.39 is 0 Å². The van der Waals surface area contributed by atoms with Gasteiger partial charge in [-0.3, -0.25) is 9.98 Å². The second kappa shape index (κ2) is 7.23. The minimum atomic E-state index is -0.357. The number of hydrogen-bond acceptors (Lipinski definition) is 5. The molecule has 1 atom stereocenters. The third-order valence-electron chi connectivity index (χ3n) is 5.00. The van der Waals surface area contributed by atoms with Crippen LogP contribution in [0.25, 0.3) is 5.70 Å². The monoisotopic (exact) mass is 364 g/mol. The van der Waals surface area contributed by atoms with Crippen molar-refractivity contribution < 1.29 is 9.89 Å². The second-order valence-electron chi connectivity index (χ2n) is 6.73. The molecule has 0 aliphatic carbocycles. The summed E-state index contributed by atoms with van der Waals surface area (Å²) in [5.41, 5.74) is 3.43. The van der Waals surface area contributed by atoms with Gasteiger partial charge in [-0.15, -0.1) is 12.4 Å². The van der Waals surface area contributed by atoms with Gasteiger partial charge in [0.1, 0.15) is 17.2 Å². The predicted octanol–water partition coefficient (Wildman–Crippen LogP) is 2.53. The first-order valence-corrected chi connectivity index (χ1v) is 8.29. The third kappa shape index (κ3) is 3.47. The van der Waals surface area contributed by atoms with Gasteiger partial charge in [0.05, 0.1) is 17.6 Å². The molecule has 1 aromatic heterocycles. The molecule has 3 aliphatic rings. The molecule has 0 aromatic carbocycles. The van der Waals surface area contributed by atoms with E-state index in [2.05, 4.69) is 18.3 Å². The Morgan fingerprint density at radius 2 is 1.92 bits per heavy atom. The van der Waals surface area contributed by atoms with Gasteiger partial charge in [0.2, 0.25) is 0 Å². The number of furan rings is 1. The van der Waals surface area contributed by atoms with Crippen LogP contribution >= 0.6 is 12.4 Å². The van der Waals surface area contributed by atoms with Gasteiger partial charge in [-0.1, -0.05) is 0 Å². The van der Waals surface area contributed by atoms with Crippen molar-refractivity contribution in [1.29, 1.82) is 0 Å². The quantitative estimate of drug-likeness (QED) is 0.872. The van der Waals surface area contributed by atoms with Gasteiger partial charge in [-0.25, -0.2) is 4.99 Å². The zero-order chi connectivity index (χ0) is 16.0. The lowest BCUT2D eigenvalue weighted by molar-refractivity contribution is 0.244. The largest absolute Gasteiger partial charge is 0.466 e. The molecule has 1 unspecified atom stereocenters. The summed E-state index contributed by atoms with van der Waals surface area (Å²) in [7, 11) is 0. The van der Waals surface area contributed by atoms with Gasteiger partial charge in [-0.05, 0) is 58.8 Å². The van der Waals surface area contributed by atoms with Crippen LogP contribution in [0.5, 0.6) is 0 Å². The van der Waals surface area contributed by atoms with Gasteiger partial charge in [0, 0.05) is 11.5 Å². The molecule has 0 saturated carbocycles. The average Bonchev–Trinajstić information content (AvgIpc) is 3.10. The first-order valence-electron chi connectivity index (χ1n) is 8.29. The molecule has 25 heavy (non-hydrogen) atoms. The number of nitrogens with zero attached hydrogens (tertiary/aromatic N) is 3. The Kier molecular flexibility index (Phi) is 5.66. The van der Waals surface area contributed by atoms with Crippen molar-refractivity contribution in [2.75, 3.05) is 13.1 Å². The smallest absolute Gasteiger partial charge is 0.151 e. The number of aryl methyl sites for hydroxylation is 2. The van der Waals surface area contributed by atoms with E-state index in [9.17, 15) is 0 Å². The molecule has 0 spiro atoms. The van der Waals surface area contributed by atoms with Crippen LogP contribution in [0, 0.1) is 19.8 Å². The van der Waals surface area contributed by atoms with Crippen molar-refractivity contribution >= 4 is 35.7 Å². The van der Waals surface area contributed by atoms with Crippen LogP contribution in [0.2, 0.25) is 0 Å². The first kappa shape index (κ1) is 19.6. The Morgan fingerprint density at radius 1 is 1.20 bits per heavy atom. The highest BCUT2D eigenvalue weighted by molar-refractivity contribution is 6.68. The summed E-state index contributed by atoms with van der Waals surface area (Å²) in [6, 6.07) is 2.03. The molecule has 0 bridgehead atoms. The summed E-state index contributed by atoms with van der Waals surface area (Å²) < 4.78 is 5.63. The number of fused-ring (bicyclic) bond motifs is 1. The summed E-state index contributed by atoms with van der Waals surface area (Å²) in [5.74, 6) is 2.29. The van der Waals surface area contributed by atoms with Gasteiger partial charge in [-0.2, -0.15) is 0 Å². The molecule has 3 N–H and O–H groups in total. The Morgan fingerprint density at radius 3 is 2.56 bits per heavy atom. The lowest BCUT2D eigenvalue weighted by Crippen LogP contribution is -2.42. The highest BCUT2D eigenvalue weighted by atomic mass is 35.5. The van der Waals surface area contributed by atoms with Crippen molar-refractivity contribution in [3.05, 3.63) is 29.2 Å². The van der Waals surface area contributed by atoms with Crippen molar-refractivity contribution in [2.24, 2.45) is 20.9 Å². The molecule has 3 aliphatic heterocycles. The molecule has 4 rings (SSSR count). The Labute approximate surface area is 153 Å². The molecule has 1 fully saturated rings. The molecular formula is C18H25ClN4O2. The fourth-order valence-electron chi connectivity index (χ4n) is 3.66. The molecule has 4 heterocycles. The van der Waals surface area contributed by atoms with E-state index in [1.807, 2.05) is 26.1 Å². The third-order valence-corrected chi connectivity index (χ3v) is 5.00. The molecule has 1 aromatic rings. The van der Waals surface area contributed by atoms with Crippen molar-refractivity contribution in [3.63, 3.8) is 0 Å². The predicted molar refractivity (Wildman–Crippen MR) is 104 cm³/mol. The molecule has 0 radical (unpaired) electrons. The number of halogens is 1. The minimum Gasteiger partial charge on any atom is -0.466 e. The van der Waals surface area contributed by atoms with E-state index in [1.54, 1.807) is 0 Å². The summed E-state index contributed by atoms with van der Waals surface area (Å²) >= 11 is 0. The molecule has 1 saturated heterocycles. The minimum absolute atomic E-state index is 0. The summed E-state index contributed by atoms with van der Waals surface area (Å²) in [4.78, 5) is 14.4. The summed E-state index contributed by atoms with van der Waals surface area (Å²) in [6.45, 7) is 8.18. The summed E-state index contributed by atoms with van der Waals surface area (Å²) in [5, 5.41) is 3.41. The van der Waals surface area contributed by atoms with Crippen molar-refractivity contribution in [3.8, 4) is 0 Å². The first-order chi connectivity index (χ1) is 11.0. The number of allylic oxidation sites excluding steroid dienone is 1. The maximum Gasteiger partial charge on any atom is 0.151 e. The number of hydrogen-bond donors (Lipinski definition) is 1. The van der Waals surface area contributed by atoms with E-state index in [4.69, 9.17) is 19.4 Å². The second-order valence-corrected chi connectivity index (χ2v) is 6.73. The van der Waals surface area contributed by atoms with Crippen LogP contribution in [-0.4, -0.2) is 41.9 Å². The molecule has 0 amide bonds. The van der Waals surface area contributed by atoms with E-state index in [1.165, 1.54) is 0 Å². The fourth-order valence-corrected chi connectivity index (χ4v) is 3.66. The number of aliphatic imine (C=N–C) groups is 3. The zero-order valence-corrected chi connectivity index (χ0v) is 15.6. The van der Waals surface area contributed by atoms with Gasteiger partial charge in [0.15, 0.2) is 5.66 Å². The molecule has 136 valence electrons. The zero-order valence-electron chi connectivity index (χ0n) is 14.8. The molecular weight excluding hydrogens is 340 g/mol. The van der Waals surface area contributed by atoms with Crippen molar-refractivity contribution in [1.82, 2.24) is 5.32 Å². The van der Waals surface area contributed by atoms with Gasteiger partial charge < -0.3 is 15.2 Å². The van der Waals surface area contributed by atoms with Crippen LogP contribution in [0.1, 0.15) is 36.8 Å². The van der Waals surface area contributed by atoms with Crippen LogP contribution in [0.3, 0.4) is 0 Å². The van der Waals surface area contributed by atoms with E-state index in [0.29, 0.717) is 5.92 Å². The fraction of sp³-hybridized carbons (Fsp3) is 0.500. The standard InChI is InChI=1S/C18H22N4O.ClH.H2O/c1-11-8-14(12(2)23-11)15-9-16-17(21-15)10-20-18(3,22-16)13-4-6-19-7-5-13;;/h8-10,13,19H,4-7H2,1-3H3;1H;1H2. The topological polar surface area (TPSA) is 93.8 Å². The van der Waals surface area contributed by atoms with Crippen LogP contribution in [0.4, 0.5) is 0 Å². The van der Waals surface area contributed by atoms with Crippen molar-refractivity contribution in [2.45, 2.75) is 39.3 Å². The molecule has 6 nitrogen and oxygen atoms in total. The maximum atomic E-state index is 5.63. The number of nitrogens with one attached hydrogen (secondary N) is 1. The highest BCUT2D eigenvalue weighted by Crippen LogP contribution is 2.35.